The SMILES string of the molecule is CN1C(=O)Cc2cc(S(=O)(=O)N(C)C3CCS(=O)(=O)C3)ccc21. The zero-order chi connectivity index (χ0) is 17.0. The molecule has 3 rings (SSSR count). The maximum atomic E-state index is 12.7. The number of benzene rings is 1. The van der Waals surface area contributed by atoms with Gasteiger partial charge in [-0.1, -0.05) is 0 Å². The van der Waals surface area contributed by atoms with E-state index >= 15 is 0 Å². The lowest BCUT2D eigenvalue weighted by Crippen LogP contribution is -2.37. The second-order valence-electron chi connectivity index (χ2n) is 6.00. The summed E-state index contributed by atoms with van der Waals surface area (Å²) < 4.78 is 49.7. The van der Waals surface area contributed by atoms with Gasteiger partial charge in [0.25, 0.3) is 0 Å². The molecule has 2 aliphatic heterocycles. The number of carbonyl (C=O) groups is 1. The van der Waals surface area contributed by atoms with Gasteiger partial charge in [0.05, 0.1) is 22.8 Å². The van der Waals surface area contributed by atoms with Crippen LogP contribution < -0.4 is 4.90 Å². The Morgan fingerprint density at radius 3 is 2.61 bits per heavy atom. The highest BCUT2D eigenvalue weighted by Gasteiger charge is 2.37. The Morgan fingerprint density at radius 1 is 1.30 bits per heavy atom. The van der Waals surface area contributed by atoms with E-state index in [-0.39, 0.29) is 28.7 Å². The maximum absolute atomic E-state index is 12.7. The van der Waals surface area contributed by atoms with E-state index in [0.29, 0.717) is 17.7 Å². The summed E-state index contributed by atoms with van der Waals surface area (Å²) in [6.07, 6.45) is 0.487. The second kappa shape index (κ2) is 5.29. The van der Waals surface area contributed by atoms with Crippen LogP contribution in [0.25, 0.3) is 0 Å². The lowest BCUT2D eigenvalue weighted by Gasteiger charge is -2.23. The van der Waals surface area contributed by atoms with Gasteiger partial charge in [0, 0.05) is 25.8 Å². The molecule has 0 bridgehead atoms. The smallest absolute Gasteiger partial charge is 0.243 e. The summed E-state index contributed by atoms with van der Waals surface area (Å²) in [5.41, 5.74) is 1.38. The fourth-order valence-electron chi connectivity index (χ4n) is 3.03. The van der Waals surface area contributed by atoms with Gasteiger partial charge < -0.3 is 4.90 Å². The Hall–Kier alpha value is -1.45. The third-order valence-electron chi connectivity index (χ3n) is 4.53. The number of fused-ring (bicyclic) bond motifs is 1. The van der Waals surface area contributed by atoms with Crippen LogP contribution in [-0.2, 0) is 31.1 Å². The maximum Gasteiger partial charge on any atom is 0.243 e. The standard InChI is InChI=1S/C14H18N2O5S2/c1-15-13-4-3-12(7-10(13)8-14(15)17)23(20,21)16(2)11-5-6-22(18,19)9-11/h3-4,7,11H,5-6,8-9H2,1-2H3. The van der Waals surface area contributed by atoms with Gasteiger partial charge in [-0.25, -0.2) is 16.8 Å². The predicted molar refractivity (Wildman–Crippen MR) is 85.6 cm³/mol. The fraction of sp³-hybridized carbons (Fsp3) is 0.500. The molecule has 9 heteroatoms. The van der Waals surface area contributed by atoms with Gasteiger partial charge in [-0.05, 0) is 30.2 Å². The summed E-state index contributed by atoms with van der Waals surface area (Å²) in [6.45, 7) is 0. The Balaban J connectivity index is 1.92. The van der Waals surface area contributed by atoms with Crippen LogP contribution in [0, 0.1) is 0 Å². The van der Waals surface area contributed by atoms with Gasteiger partial charge in [-0.2, -0.15) is 4.31 Å². The van der Waals surface area contributed by atoms with Gasteiger partial charge in [-0.3, -0.25) is 4.79 Å². The molecule has 1 aromatic carbocycles. The second-order valence-corrected chi connectivity index (χ2v) is 10.2. The van der Waals surface area contributed by atoms with E-state index in [0.717, 1.165) is 4.31 Å². The zero-order valence-electron chi connectivity index (χ0n) is 12.9. The number of hydrogen-bond donors (Lipinski definition) is 0. The highest BCUT2D eigenvalue weighted by molar-refractivity contribution is 7.92. The molecule has 126 valence electrons. The van der Waals surface area contributed by atoms with Crippen LogP contribution in [0.3, 0.4) is 0 Å². The van der Waals surface area contributed by atoms with Crippen molar-refractivity contribution in [3.8, 4) is 0 Å². The third-order valence-corrected chi connectivity index (χ3v) is 8.18. The van der Waals surface area contributed by atoms with Crippen molar-refractivity contribution in [2.75, 3.05) is 30.5 Å². The fourth-order valence-corrected chi connectivity index (χ4v) is 6.34. The van der Waals surface area contributed by atoms with Crippen LogP contribution in [0.4, 0.5) is 5.69 Å². The van der Waals surface area contributed by atoms with Gasteiger partial charge in [0.1, 0.15) is 0 Å². The molecular formula is C14H18N2O5S2. The highest BCUT2D eigenvalue weighted by atomic mass is 32.2. The minimum atomic E-state index is -3.79. The number of anilines is 1. The van der Waals surface area contributed by atoms with E-state index in [1.165, 1.54) is 24.1 Å². The molecular weight excluding hydrogens is 340 g/mol. The number of hydrogen-bond acceptors (Lipinski definition) is 5. The molecule has 0 spiro atoms. The molecule has 0 radical (unpaired) electrons. The molecule has 1 atom stereocenters. The first kappa shape index (κ1) is 16.4. The van der Waals surface area contributed by atoms with Crippen molar-refractivity contribution in [1.29, 1.82) is 0 Å². The molecule has 1 unspecified atom stereocenters. The number of nitrogens with zero attached hydrogens (tertiary/aromatic N) is 2. The summed E-state index contributed by atoms with van der Waals surface area (Å²) in [7, 11) is -3.90. The number of sulfone groups is 1. The van der Waals surface area contributed by atoms with Gasteiger partial charge in [0.2, 0.25) is 15.9 Å². The number of likely N-dealkylation sites (N-methyl/N-ethyl adjacent to an activating group) is 1. The van der Waals surface area contributed by atoms with Crippen molar-refractivity contribution in [3.05, 3.63) is 23.8 Å². The molecule has 0 N–H and O–H groups in total. The Kier molecular flexibility index (Phi) is 3.77. The molecule has 2 aliphatic rings. The summed E-state index contributed by atoms with van der Waals surface area (Å²) >= 11 is 0. The van der Waals surface area contributed by atoms with Crippen LogP contribution in [0.2, 0.25) is 0 Å². The van der Waals surface area contributed by atoms with Crippen molar-refractivity contribution in [3.63, 3.8) is 0 Å². The van der Waals surface area contributed by atoms with Crippen molar-refractivity contribution in [2.45, 2.75) is 23.8 Å². The molecule has 7 nitrogen and oxygen atoms in total. The van der Waals surface area contributed by atoms with Crippen LogP contribution in [0.15, 0.2) is 23.1 Å². The van der Waals surface area contributed by atoms with E-state index in [4.69, 9.17) is 0 Å². The molecule has 0 aromatic heterocycles. The van der Waals surface area contributed by atoms with E-state index in [9.17, 15) is 21.6 Å². The van der Waals surface area contributed by atoms with Crippen LogP contribution in [0.5, 0.6) is 0 Å². The predicted octanol–water partition coefficient (Wildman–Crippen LogP) is 0.0131. The van der Waals surface area contributed by atoms with E-state index in [1.54, 1.807) is 13.1 Å². The summed E-state index contributed by atoms with van der Waals surface area (Å²) in [5, 5.41) is 0. The topological polar surface area (TPSA) is 91.8 Å². The molecule has 1 aromatic rings. The summed E-state index contributed by atoms with van der Waals surface area (Å²) in [4.78, 5) is 13.3. The van der Waals surface area contributed by atoms with Crippen molar-refractivity contribution < 1.29 is 21.6 Å². The molecule has 1 saturated heterocycles. The molecule has 1 amide bonds. The average Bonchev–Trinajstić information content (AvgIpc) is 2.98. The van der Waals surface area contributed by atoms with Gasteiger partial charge in [-0.15, -0.1) is 0 Å². The molecule has 23 heavy (non-hydrogen) atoms. The van der Waals surface area contributed by atoms with Crippen molar-refractivity contribution in [2.24, 2.45) is 0 Å². The monoisotopic (exact) mass is 358 g/mol. The molecule has 0 saturated carbocycles. The molecule has 2 heterocycles. The number of sulfonamides is 1. The van der Waals surface area contributed by atoms with Crippen LogP contribution >= 0.6 is 0 Å². The lowest BCUT2D eigenvalue weighted by molar-refractivity contribution is -0.117. The summed E-state index contributed by atoms with van der Waals surface area (Å²) in [5.74, 6) is -0.208. The molecule has 1 fully saturated rings. The largest absolute Gasteiger partial charge is 0.315 e. The average molecular weight is 358 g/mol. The minimum Gasteiger partial charge on any atom is -0.315 e. The Labute approximate surface area is 135 Å². The van der Waals surface area contributed by atoms with Crippen LogP contribution in [-0.4, -0.2) is 58.7 Å². The van der Waals surface area contributed by atoms with E-state index < -0.39 is 25.9 Å². The minimum absolute atomic E-state index is 0.0149. The number of rotatable bonds is 3. The number of amides is 1. The zero-order valence-corrected chi connectivity index (χ0v) is 14.5. The van der Waals surface area contributed by atoms with Crippen LogP contribution in [0.1, 0.15) is 12.0 Å². The quantitative estimate of drug-likeness (QED) is 0.759. The Morgan fingerprint density at radius 2 is 2.00 bits per heavy atom. The van der Waals surface area contributed by atoms with E-state index in [1.807, 2.05) is 0 Å². The Bertz CT molecular complexity index is 876. The lowest BCUT2D eigenvalue weighted by atomic mass is 10.2. The van der Waals surface area contributed by atoms with Gasteiger partial charge >= 0.3 is 0 Å². The first-order valence-electron chi connectivity index (χ1n) is 7.20. The van der Waals surface area contributed by atoms with E-state index in [2.05, 4.69) is 0 Å². The number of carbonyl (C=O) groups excluding carboxylic acids is 1. The van der Waals surface area contributed by atoms with Crippen molar-refractivity contribution >= 4 is 31.5 Å². The first-order chi connectivity index (χ1) is 10.6. The summed E-state index contributed by atoms with van der Waals surface area (Å²) in [6, 6.07) is 4.05. The van der Waals surface area contributed by atoms with Gasteiger partial charge in [0.15, 0.2) is 9.84 Å². The normalized spacial score (nSPS) is 23.5. The molecule has 0 aliphatic carbocycles. The third kappa shape index (κ3) is 2.77. The van der Waals surface area contributed by atoms with Crippen molar-refractivity contribution in [1.82, 2.24) is 4.31 Å². The first-order valence-corrected chi connectivity index (χ1v) is 10.5. The highest BCUT2D eigenvalue weighted by Crippen LogP contribution is 2.31.